The Hall–Kier alpha value is -0.890. The molecule has 1 aromatic heterocycles. The summed E-state index contributed by atoms with van der Waals surface area (Å²) in [7, 11) is 0. The Morgan fingerprint density at radius 2 is 2.45 bits per heavy atom. The third kappa shape index (κ3) is 1.14. The minimum Gasteiger partial charge on any atom is -0.388 e. The molecule has 1 N–H and O–H groups in total. The molecule has 0 saturated heterocycles. The Kier molecular flexibility index (Phi) is 1.62. The van der Waals surface area contributed by atoms with Gasteiger partial charge in [-0.1, -0.05) is 0 Å². The summed E-state index contributed by atoms with van der Waals surface area (Å²) < 4.78 is 0. The molecule has 0 unspecified atom stereocenters. The summed E-state index contributed by atoms with van der Waals surface area (Å²) in [5.74, 6) is 0. The van der Waals surface area contributed by atoms with E-state index >= 15 is 0 Å². The largest absolute Gasteiger partial charge is 0.388 e. The van der Waals surface area contributed by atoms with Crippen molar-refractivity contribution in [3.05, 3.63) is 29.6 Å². The van der Waals surface area contributed by atoms with E-state index in [9.17, 15) is 5.11 Å². The summed E-state index contributed by atoms with van der Waals surface area (Å²) in [6, 6.07) is 1.92. The second-order valence-corrected chi connectivity index (χ2v) is 2.98. The van der Waals surface area contributed by atoms with Crippen LogP contribution in [-0.4, -0.2) is 10.1 Å². The highest BCUT2D eigenvalue weighted by molar-refractivity contribution is 5.27. The van der Waals surface area contributed by atoms with Crippen molar-refractivity contribution in [1.29, 1.82) is 0 Å². The van der Waals surface area contributed by atoms with Crippen LogP contribution >= 0.6 is 0 Å². The number of aliphatic hydroxyl groups is 1. The topological polar surface area (TPSA) is 33.1 Å². The quantitative estimate of drug-likeness (QED) is 0.605. The van der Waals surface area contributed by atoms with Gasteiger partial charge in [-0.05, 0) is 36.5 Å². The number of fused-ring (bicyclic) bond motifs is 1. The Morgan fingerprint density at radius 1 is 1.55 bits per heavy atom. The predicted octanol–water partition coefficient (Wildman–Crippen LogP) is 1.45. The zero-order valence-corrected chi connectivity index (χ0v) is 6.33. The predicted molar refractivity (Wildman–Crippen MR) is 42.1 cm³/mol. The molecular formula is C9H11NO. The Bertz CT molecular complexity index is 259. The van der Waals surface area contributed by atoms with Crippen molar-refractivity contribution < 1.29 is 5.11 Å². The van der Waals surface area contributed by atoms with Crippen LogP contribution < -0.4 is 0 Å². The van der Waals surface area contributed by atoms with E-state index in [1.54, 1.807) is 6.20 Å². The highest BCUT2D eigenvalue weighted by atomic mass is 16.3. The van der Waals surface area contributed by atoms with E-state index in [1.165, 1.54) is 5.56 Å². The third-order valence-corrected chi connectivity index (χ3v) is 2.22. The van der Waals surface area contributed by atoms with Gasteiger partial charge in [0.05, 0.1) is 6.10 Å². The maximum absolute atomic E-state index is 9.53. The van der Waals surface area contributed by atoms with Crippen molar-refractivity contribution in [2.45, 2.75) is 25.4 Å². The second kappa shape index (κ2) is 2.62. The van der Waals surface area contributed by atoms with Crippen LogP contribution in [0.15, 0.2) is 18.5 Å². The molecule has 0 radical (unpaired) electrons. The van der Waals surface area contributed by atoms with Crippen molar-refractivity contribution in [3.63, 3.8) is 0 Å². The van der Waals surface area contributed by atoms with Crippen molar-refractivity contribution in [2.24, 2.45) is 0 Å². The fourth-order valence-electron chi connectivity index (χ4n) is 1.61. The van der Waals surface area contributed by atoms with Gasteiger partial charge in [0.2, 0.25) is 0 Å². The van der Waals surface area contributed by atoms with Gasteiger partial charge in [0.15, 0.2) is 0 Å². The first kappa shape index (κ1) is 6.80. The third-order valence-electron chi connectivity index (χ3n) is 2.22. The summed E-state index contributed by atoms with van der Waals surface area (Å²) in [6.45, 7) is 0. The molecule has 2 nitrogen and oxygen atoms in total. The Morgan fingerprint density at radius 3 is 3.27 bits per heavy atom. The fourth-order valence-corrected chi connectivity index (χ4v) is 1.61. The normalized spacial score (nSPS) is 22.8. The SMILES string of the molecule is O[C@H]1CCCc2cnccc21. The van der Waals surface area contributed by atoms with Crippen LogP contribution in [0.2, 0.25) is 0 Å². The summed E-state index contributed by atoms with van der Waals surface area (Å²) in [6.07, 6.45) is 6.41. The monoisotopic (exact) mass is 149 g/mol. The first-order chi connectivity index (χ1) is 5.38. The van der Waals surface area contributed by atoms with Gasteiger partial charge in [0.1, 0.15) is 0 Å². The molecule has 1 heterocycles. The minimum absolute atomic E-state index is 0.248. The lowest BCUT2D eigenvalue weighted by Gasteiger charge is -2.19. The molecule has 1 aliphatic carbocycles. The van der Waals surface area contributed by atoms with E-state index in [1.807, 2.05) is 12.3 Å². The van der Waals surface area contributed by atoms with Gasteiger partial charge >= 0.3 is 0 Å². The summed E-state index contributed by atoms with van der Waals surface area (Å²) in [4.78, 5) is 4.02. The first-order valence-corrected chi connectivity index (χ1v) is 3.99. The van der Waals surface area contributed by atoms with Gasteiger partial charge in [0, 0.05) is 12.4 Å². The standard InChI is InChI=1S/C9H11NO/c11-9-3-1-2-7-6-10-5-4-8(7)9/h4-6,9,11H,1-3H2/t9-/m0/s1. The van der Waals surface area contributed by atoms with Crippen LogP contribution in [0.4, 0.5) is 0 Å². The van der Waals surface area contributed by atoms with E-state index in [4.69, 9.17) is 0 Å². The van der Waals surface area contributed by atoms with Crippen LogP contribution in [0, 0.1) is 0 Å². The molecule has 0 bridgehead atoms. The average Bonchev–Trinajstić information content (AvgIpc) is 2.06. The lowest BCUT2D eigenvalue weighted by molar-refractivity contribution is 0.156. The number of hydrogen-bond donors (Lipinski definition) is 1. The van der Waals surface area contributed by atoms with Gasteiger partial charge in [-0.3, -0.25) is 4.98 Å². The van der Waals surface area contributed by atoms with Crippen LogP contribution in [0.1, 0.15) is 30.1 Å². The maximum atomic E-state index is 9.53. The first-order valence-electron chi connectivity index (χ1n) is 3.99. The van der Waals surface area contributed by atoms with Crippen LogP contribution in [-0.2, 0) is 6.42 Å². The molecule has 0 fully saturated rings. The number of aromatic nitrogens is 1. The van der Waals surface area contributed by atoms with Crippen molar-refractivity contribution in [2.75, 3.05) is 0 Å². The van der Waals surface area contributed by atoms with Crippen molar-refractivity contribution in [3.8, 4) is 0 Å². The number of rotatable bonds is 0. The highest BCUT2D eigenvalue weighted by Crippen LogP contribution is 2.27. The summed E-state index contributed by atoms with van der Waals surface area (Å²) in [5.41, 5.74) is 2.29. The van der Waals surface area contributed by atoms with E-state index in [0.29, 0.717) is 0 Å². The van der Waals surface area contributed by atoms with E-state index in [0.717, 1.165) is 24.8 Å². The molecule has 2 heteroatoms. The molecular weight excluding hydrogens is 138 g/mol. The van der Waals surface area contributed by atoms with Gasteiger partial charge in [-0.25, -0.2) is 0 Å². The van der Waals surface area contributed by atoms with Gasteiger partial charge in [-0.15, -0.1) is 0 Å². The van der Waals surface area contributed by atoms with Crippen molar-refractivity contribution >= 4 is 0 Å². The molecule has 0 aliphatic heterocycles. The zero-order chi connectivity index (χ0) is 7.68. The maximum Gasteiger partial charge on any atom is 0.0793 e. The smallest absolute Gasteiger partial charge is 0.0793 e. The highest BCUT2D eigenvalue weighted by Gasteiger charge is 2.16. The second-order valence-electron chi connectivity index (χ2n) is 2.98. The van der Waals surface area contributed by atoms with Crippen LogP contribution in [0.3, 0.4) is 0 Å². The number of aryl methyl sites for hydroxylation is 1. The molecule has 1 atom stereocenters. The molecule has 58 valence electrons. The Labute approximate surface area is 65.9 Å². The zero-order valence-electron chi connectivity index (χ0n) is 6.33. The molecule has 0 amide bonds. The van der Waals surface area contributed by atoms with Gasteiger partial charge in [0.25, 0.3) is 0 Å². The van der Waals surface area contributed by atoms with E-state index < -0.39 is 0 Å². The number of nitrogens with zero attached hydrogens (tertiary/aromatic N) is 1. The molecule has 0 spiro atoms. The summed E-state index contributed by atoms with van der Waals surface area (Å²) >= 11 is 0. The molecule has 1 aliphatic rings. The van der Waals surface area contributed by atoms with Crippen LogP contribution in [0.25, 0.3) is 0 Å². The minimum atomic E-state index is -0.248. The molecule has 11 heavy (non-hydrogen) atoms. The molecule has 1 aromatic rings. The molecule has 0 saturated carbocycles. The van der Waals surface area contributed by atoms with Crippen LogP contribution in [0.5, 0.6) is 0 Å². The van der Waals surface area contributed by atoms with E-state index in [-0.39, 0.29) is 6.10 Å². The van der Waals surface area contributed by atoms with Gasteiger partial charge in [-0.2, -0.15) is 0 Å². The van der Waals surface area contributed by atoms with Gasteiger partial charge < -0.3 is 5.11 Å². The lowest BCUT2D eigenvalue weighted by atomic mass is 9.91. The Balaban J connectivity index is 2.44. The number of hydrogen-bond acceptors (Lipinski definition) is 2. The number of aliphatic hydroxyl groups excluding tert-OH is 1. The van der Waals surface area contributed by atoms with E-state index in [2.05, 4.69) is 4.98 Å². The van der Waals surface area contributed by atoms with Crippen molar-refractivity contribution in [1.82, 2.24) is 4.98 Å². The lowest BCUT2D eigenvalue weighted by Crippen LogP contribution is -2.08. The average molecular weight is 149 g/mol. The molecule has 0 aromatic carbocycles. The molecule has 2 rings (SSSR count). The fraction of sp³-hybridized carbons (Fsp3) is 0.444. The number of pyridine rings is 1. The summed E-state index contributed by atoms with van der Waals surface area (Å²) in [5, 5.41) is 9.53.